The molecule has 0 unspecified atom stereocenters. The molecule has 0 aromatic heterocycles. The van der Waals surface area contributed by atoms with E-state index in [4.69, 9.17) is 5.73 Å². The number of nitrogens with two attached hydrogens (primary N) is 1. The lowest BCUT2D eigenvalue weighted by Crippen LogP contribution is -2.55. The van der Waals surface area contributed by atoms with Crippen molar-refractivity contribution in [1.29, 1.82) is 0 Å². The summed E-state index contributed by atoms with van der Waals surface area (Å²) in [6, 6.07) is 2.69. The minimum absolute atomic E-state index is 0.0379. The standard InChI is InChI=1S/C27H50N6O3/c1-5-29-20-32(16-9-15-31(3)4)24(18-22-10-7-6-8-11-22)27(36)33(17-14-26(28)35)23-13-12-21(2)30-19-25(23)34/h21-25,30,34H,5-19H2,1-4H3,(H-,28,35)/p+1/t21-,23+,24+,25+/m1/s1. The molecule has 9 heteroatoms. The molecular formula is C27H51N6O3+. The number of aliphatic hydroxyl groups excluding tert-OH is 1. The molecule has 2 amide bonds. The number of hydrogen-bond donors (Lipinski definition) is 3. The van der Waals surface area contributed by atoms with E-state index in [-0.39, 0.29) is 31.0 Å². The number of aliphatic imine (C=N–C) groups is 1. The number of nitrogens with one attached hydrogen (secondary N) is 1. The maximum absolute atomic E-state index is 14.4. The molecule has 4 N–H and O–H groups in total. The number of rotatable bonds is 13. The van der Waals surface area contributed by atoms with E-state index in [1.54, 1.807) is 4.90 Å². The molecule has 0 aromatic carbocycles. The molecule has 0 radical (unpaired) electrons. The lowest BCUT2D eigenvalue weighted by atomic mass is 9.84. The minimum atomic E-state index is -0.697. The van der Waals surface area contributed by atoms with Gasteiger partial charge in [0.1, 0.15) is 6.54 Å². The zero-order valence-corrected chi connectivity index (χ0v) is 23.1. The van der Waals surface area contributed by atoms with E-state index in [1.165, 1.54) is 19.3 Å². The first-order valence-corrected chi connectivity index (χ1v) is 14.1. The Balaban J connectivity index is 2.41. The van der Waals surface area contributed by atoms with Crippen LogP contribution in [0.25, 0.3) is 0 Å². The fraction of sp³-hybridized carbons (Fsp3) is 0.889. The fourth-order valence-corrected chi connectivity index (χ4v) is 5.49. The van der Waals surface area contributed by atoms with Crippen molar-refractivity contribution in [1.82, 2.24) is 15.1 Å². The average Bonchev–Trinajstić information content (AvgIpc) is 3.01. The molecule has 4 atom stereocenters. The van der Waals surface area contributed by atoms with Crippen LogP contribution in [0.2, 0.25) is 0 Å². The second kappa shape index (κ2) is 16.1. The van der Waals surface area contributed by atoms with Gasteiger partial charge in [-0.05, 0) is 58.1 Å². The van der Waals surface area contributed by atoms with Gasteiger partial charge in [-0.1, -0.05) is 32.1 Å². The highest BCUT2D eigenvalue weighted by Crippen LogP contribution is 2.29. The SMILES string of the molecule is CCN=C=[N+](CCCN(C)C)[C@@H](CC1CCCCC1)C(=O)N(CCC(N)=O)[C@H]1CC[C@@H](C)NC[C@@H]1O. The van der Waals surface area contributed by atoms with E-state index < -0.39 is 18.1 Å². The summed E-state index contributed by atoms with van der Waals surface area (Å²) >= 11 is 0. The molecule has 9 nitrogen and oxygen atoms in total. The predicted molar refractivity (Wildman–Crippen MR) is 143 cm³/mol. The molecule has 2 aliphatic rings. The van der Waals surface area contributed by atoms with Crippen molar-refractivity contribution in [2.75, 3.05) is 46.8 Å². The summed E-state index contributed by atoms with van der Waals surface area (Å²) in [7, 11) is 4.10. The third-order valence-electron chi connectivity index (χ3n) is 7.60. The van der Waals surface area contributed by atoms with Gasteiger partial charge < -0.3 is 26.0 Å². The second-order valence-electron chi connectivity index (χ2n) is 10.9. The number of primary amides is 1. The van der Waals surface area contributed by atoms with Gasteiger partial charge in [0.15, 0.2) is 6.04 Å². The van der Waals surface area contributed by atoms with E-state index in [0.29, 0.717) is 32.0 Å². The third-order valence-corrected chi connectivity index (χ3v) is 7.60. The van der Waals surface area contributed by atoms with Crippen molar-refractivity contribution in [2.24, 2.45) is 16.6 Å². The summed E-state index contributed by atoms with van der Waals surface area (Å²) in [6.45, 7) is 6.91. The zero-order valence-electron chi connectivity index (χ0n) is 23.1. The Morgan fingerprint density at radius 2 is 1.89 bits per heavy atom. The highest BCUT2D eigenvalue weighted by atomic mass is 16.3. The van der Waals surface area contributed by atoms with Crippen LogP contribution < -0.4 is 11.1 Å². The molecule has 1 saturated carbocycles. The van der Waals surface area contributed by atoms with Crippen LogP contribution >= 0.6 is 0 Å². The summed E-state index contributed by atoms with van der Waals surface area (Å²) in [5.41, 5.74) is 5.51. The number of nitrogens with zero attached hydrogens (tertiary/aromatic N) is 4. The van der Waals surface area contributed by atoms with Crippen LogP contribution in [0.4, 0.5) is 0 Å². The third kappa shape index (κ3) is 10.3. The Bertz CT molecular complexity index is 746. The summed E-state index contributed by atoms with van der Waals surface area (Å²) in [5.74, 6) is 0.00322. The Hall–Kier alpha value is -1.80. The summed E-state index contributed by atoms with van der Waals surface area (Å²) in [6.07, 6.45) is 8.50. The molecule has 206 valence electrons. The van der Waals surface area contributed by atoms with Crippen LogP contribution in [-0.2, 0) is 9.59 Å². The topological polar surface area (TPSA) is 114 Å². The van der Waals surface area contributed by atoms with Crippen molar-refractivity contribution >= 4 is 17.8 Å². The van der Waals surface area contributed by atoms with Crippen LogP contribution in [0.5, 0.6) is 0 Å². The first-order valence-electron chi connectivity index (χ1n) is 14.1. The molecule has 2 rings (SSSR count). The van der Waals surface area contributed by atoms with Gasteiger partial charge in [0.2, 0.25) is 5.91 Å². The first-order chi connectivity index (χ1) is 17.2. The monoisotopic (exact) mass is 507 g/mol. The predicted octanol–water partition coefficient (Wildman–Crippen LogP) is 1.69. The largest absolute Gasteiger partial charge is 0.390 e. The first kappa shape index (κ1) is 30.4. The Labute approximate surface area is 218 Å². The molecule has 1 aliphatic carbocycles. The second-order valence-corrected chi connectivity index (χ2v) is 10.9. The van der Waals surface area contributed by atoms with Crippen molar-refractivity contribution in [3.63, 3.8) is 0 Å². The number of carbonyl (C=O) groups excluding carboxylic acids is 2. The van der Waals surface area contributed by atoms with Gasteiger partial charge in [-0.15, -0.1) is 0 Å². The maximum Gasteiger partial charge on any atom is 0.307 e. The van der Waals surface area contributed by atoms with Crippen molar-refractivity contribution in [3.8, 4) is 0 Å². The number of hydrogen-bond acceptors (Lipinski definition) is 6. The lowest BCUT2D eigenvalue weighted by Gasteiger charge is -2.36. The van der Waals surface area contributed by atoms with Crippen molar-refractivity contribution < 1.29 is 19.3 Å². The van der Waals surface area contributed by atoms with Gasteiger partial charge in [0, 0.05) is 38.5 Å². The lowest BCUT2D eigenvalue weighted by molar-refractivity contribution is -0.550. The fourth-order valence-electron chi connectivity index (χ4n) is 5.49. The molecule has 0 spiro atoms. The van der Waals surface area contributed by atoms with Gasteiger partial charge in [-0.25, -0.2) is 4.58 Å². The summed E-state index contributed by atoms with van der Waals surface area (Å²) in [5, 5.41) is 14.4. The molecule has 36 heavy (non-hydrogen) atoms. The van der Waals surface area contributed by atoms with Crippen molar-refractivity contribution in [3.05, 3.63) is 0 Å². The molecular weight excluding hydrogens is 456 g/mol. The smallest absolute Gasteiger partial charge is 0.307 e. The van der Waals surface area contributed by atoms with E-state index in [1.807, 2.05) is 25.6 Å². The van der Waals surface area contributed by atoms with Crippen LogP contribution in [0, 0.1) is 5.92 Å². The number of amides is 2. The maximum atomic E-state index is 14.4. The Morgan fingerprint density at radius 3 is 2.53 bits per heavy atom. The van der Waals surface area contributed by atoms with Crippen LogP contribution in [0.1, 0.15) is 78.1 Å². The van der Waals surface area contributed by atoms with Crippen LogP contribution in [-0.4, -0.2) is 108 Å². The Morgan fingerprint density at radius 1 is 1.17 bits per heavy atom. The quantitative estimate of drug-likeness (QED) is 0.259. The van der Waals surface area contributed by atoms with E-state index in [0.717, 1.165) is 38.6 Å². The number of aliphatic hydroxyl groups is 1. The van der Waals surface area contributed by atoms with E-state index in [2.05, 4.69) is 28.1 Å². The van der Waals surface area contributed by atoms with Gasteiger partial charge in [0.25, 0.3) is 5.91 Å². The molecule has 1 aliphatic heterocycles. The van der Waals surface area contributed by atoms with E-state index in [9.17, 15) is 14.7 Å². The van der Waals surface area contributed by atoms with E-state index >= 15 is 0 Å². The van der Waals surface area contributed by atoms with Crippen molar-refractivity contribution in [2.45, 2.75) is 102 Å². The van der Waals surface area contributed by atoms with Gasteiger partial charge in [-0.2, -0.15) is 0 Å². The van der Waals surface area contributed by atoms with Gasteiger partial charge in [-0.3, -0.25) is 9.59 Å². The highest BCUT2D eigenvalue weighted by molar-refractivity contribution is 5.82. The summed E-state index contributed by atoms with van der Waals surface area (Å²) < 4.78 is 2.01. The average molecular weight is 508 g/mol. The molecule has 0 bridgehead atoms. The zero-order chi connectivity index (χ0) is 26.5. The van der Waals surface area contributed by atoms with Gasteiger partial charge >= 0.3 is 6.01 Å². The Kier molecular flexibility index (Phi) is 13.6. The molecule has 0 aromatic rings. The number of carbonyl (C=O) groups is 2. The minimum Gasteiger partial charge on any atom is -0.390 e. The van der Waals surface area contributed by atoms with Crippen LogP contribution in [0.3, 0.4) is 0 Å². The molecule has 1 saturated heterocycles. The summed E-state index contributed by atoms with van der Waals surface area (Å²) in [4.78, 5) is 34.4. The highest BCUT2D eigenvalue weighted by Gasteiger charge is 2.39. The normalized spacial score (nSPS) is 24.0. The molecule has 1 heterocycles. The van der Waals surface area contributed by atoms with Crippen LogP contribution in [0.15, 0.2) is 4.99 Å². The molecule has 2 fully saturated rings. The van der Waals surface area contributed by atoms with Gasteiger partial charge in [0.05, 0.1) is 18.7 Å². The number of β-amino-alcohol motifs (C(OH)–C–C–N with tert-alkyl or cyclic N) is 1.